The van der Waals surface area contributed by atoms with E-state index in [1.165, 1.54) is 38.1 Å². The Morgan fingerprint density at radius 2 is 1.16 bits per heavy atom. The second-order valence-corrected chi connectivity index (χ2v) is 12.8. The first-order valence-electron chi connectivity index (χ1n) is 16.6. The number of rotatable bonds is 4. The number of imidazole rings is 1. The molecule has 0 saturated heterocycles. The van der Waals surface area contributed by atoms with Gasteiger partial charge in [0.15, 0.2) is 5.58 Å². The fourth-order valence-electron chi connectivity index (χ4n) is 7.90. The van der Waals surface area contributed by atoms with E-state index < -0.39 is 0 Å². The van der Waals surface area contributed by atoms with Gasteiger partial charge in [0.2, 0.25) is 0 Å². The molecule has 0 aliphatic heterocycles. The van der Waals surface area contributed by atoms with Crippen molar-refractivity contribution in [2.24, 2.45) is 0 Å². The zero-order valence-electron chi connectivity index (χ0n) is 26.3. The third-order valence-electron chi connectivity index (χ3n) is 10.1. The molecule has 4 nitrogen and oxygen atoms in total. The first-order chi connectivity index (χ1) is 24.3. The molecule has 0 radical (unpaired) electrons. The molecule has 0 atom stereocenters. The van der Waals surface area contributed by atoms with Crippen molar-refractivity contribution in [1.29, 1.82) is 0 Å². The summed E-state index contributed by atoms with van der Waals surface area (Å²) in [5.74, 6) is 0.930. The summed E-state index contributed by atoms with van der Waals surface area (Å²) in [6, 6.07) is 58.2. The lowest BCUT2D eigenvalue weighted by Gasteiger charge is -2.12. The summed E-state index contributed by atoms with van der Waals surface area (Å²) >= 11 is 0. The molecule has 0 aliphatic rings. The molecule has 49 heavy (non-hydrogen) atoms. The molecule has 0 spiro atoms. The molecule has 0 unspecified atom stereocenters. The molecular formula is C45H27N3O. The summed E-state index contributed by atoms with van der Waals surface area (Å²) in [5.41, 5.74) is 11.8. The quantitative estimate of drug-likeness (QED) is 0.182. The summed E-state index contributed by atoms with van der Waals surface area (Å²) in [7, 11) is 0. The molecule has 0 saturated carbocycles. The SMILES string of the molecule is c1ccc(-n2c(-c3ccc(-c4cc5ccc6cccc7c6c5c(c4)n7-c4cccc5c4oc4ccccc45)cc3)nc3ccccc32)cc1. The van der Waals surface area contributed by atoms with Gasteiger partial charge in [0.1, 0.15) is 11.4 Å². The molecule has 3 aromatic heterocycles. The lowest BCUT2D eigenvalue weighted by atomic mass is 9.97. The topological polar surface area (TPSA) is 35.9 Å². The predicted octanol–water partition coefficient (Wildman–Crippen LogP) is 11.9. The average Bonchev–Trinajstić information content (AvgIpc) is 3.85. The highest BCUT2D eigenvalue weighted by molar-refractivity contribution is 6.25. The summed E-state index contributed by atoms with van der Waals surface area (Å²) in [6.07, 6.45) is 0. The van der Waals surface area contributed by atoms with Crippen LogP contribution in [0, 0.1) is 0 Å². The second-order valence-electron chi connectivity index (χ2n) is 12.8. The van der Waals surface area contributed by atoms with Gasteiger partial charge in [-0.1, -0.05) is 109 Å². The lowest BCUT2D eigenvalue weighted by Crippen LogP contribution is -1.97. The van der Waals surface area contributed by atoms with E-state index in [-0.39, 0.29) is 0 Å². The van der Waals surface area contributed by atoms with E-state index in [4.69, 9.17) is 9.40 Å². The van der Waals surface area contributed by atoms with E-state index >= 15 is 0 Å². The molecule has 3 heterocycles. The van der Waals surface area contributed by atoms with Crippen LogP contribution in [-0.4, -0.2) is 14.1 Å². The van der Waals surface area contributed by atoms with Crippen molar-refractivity contribution < 1.29 is 4.42 Å². The van der Waals surface area contributed by atoms with Crippen molar-refractivity contribution in [3.8, 4) is 33.9 Å². The van der Waals surface area contributed by atoms with Gasteiger partial charge in [0, 0.05) is 32.8 Å². The van der Waals surface area contributed by atoms with Gasteiger partial charge in [0.05, 0.1) is 27.8 Å². The Morgan fingerprint density at radius 3 is 2.08 bits per heavy atom. The van der Waals surface area contributed by atoms with Gasteiger partial charge in [-0.3, -0.25) is 4.57 Å². The average molecular weight is 626 g/mol. The van der Waals surface area contributed by atoms with E-state index in [9.17, 15) is 0 Å². The highest BCUT2D eigenvalue weighted by Gasteiger charge is 2.21. The van der Waals surface area contributed by atoms with Crippen LogP contribution < -0.4 is 0 Å². The van der Waals surface area contributed by atoms with Crippen LogP contribution in [0.2, 0.25) is 0 Å². The summed E-state index contributed by atoms with van der Waals surface area (Å²) in [6.45, 7) is 0. The lowest BCUT2D eigenvalue weighted by molar-refractivity contribution is 0.666. The van der Waals surface area contributed by atoms with Crippen LogP contribution in [0.25, 0.3) is 99.4 Å². The van der Waals surface area contributed by atoms with Crippen LogP contribution in [0.5, 0.6) is 0 Å². The number of fused-ring (bicyclic) bond motifs is 4. The van der Waals surface area contributed by atoms with Crippen molar-refractivity contribution in [3.05, 3.63) is 164 Å². The van der Waals surface area contributed by atoms with E-state index in [2.05, 4.69) is 155 Å². The zero-order valence-corrected chi connectivity index (χ0v) is 26.3. The Hall–Kier alpha value is -6.65. The minimum atomic E-state index is 0.901. The standard InChI is InChI=1S/C45H27N3O/c1-2-11-33(12-3-1)47-37-16-6-5-15-36(37)46-45(47)30-23-20-28(21-24-30)32-26-31-25-22-29-10-8-17-38-42(29)43(31)40(27-32)48(38)39-18-9-14-35-34-13-4-7-19-41(34)49-44(35)39/h1-27H. The van der Waals surface area contributed by atoms with Gasteiger partial charge in [-0.15, -0.1) is 0 Å². The minimum absolute atomic E-state index is 0.901. The molecule has 8 aromatic carbocycles. The summed E-state index contributed by atoms with van der Waals surface area (Å²) in [4.78, 5) is 5.09. The Labute approximate surface area is 281 Å². The molecule has 4 heteroatoms. The minimum Gasteiger partial charge on any atom is -0.454 e. The second kappa shape index (κ2) is 9.93. The van der Waals surface area contributed by atoms with E-state index in [1.54, 1.807) is 0 Å². The Morgan fingerprint density at radius 1 is 0.449 bits per heavy atom. The maximum absolute atomic E-state index is 6.57. The van der Waals surface area contributed by atoms with Gasteiger partial charge in [0.25, 0.3) is 0 Å². The maximum atomic E-state index is 6.57. The van der Waals surface area contributed by atoms with Crippen LogP contribution in [0.4, 0.5) is 0 Å². The first kappa shape index (κ1) is 26.4. The van der Waals surface area contributed by atoms with Crippen molar-refractivity contribution in [3.63, 3.8) is 0 Å². The predicted molar refractivity (Wildman–Crippen MR) is 202 cm³/mol. The van der Waals surface area contributed by atoms with Gasteiger partial charge in [-0.2, -0.15) is 0 Å². The van der Waals surface area contributed by atoms with Crippen molar-refractivity contribution in [2.45, 2.75) is 0 Å². The Bertz CT molecular complexity index is 3030. The van der Waals surface area contributed by atoms with Crippen molar-refractivity contribution >= 4 is 65.6 Å². The van der Waals surface area contributed by atoms with E-state index in [0.29, 0.717) is 0 Å². The van der Waals surface area contributed by atoms with Gasteiger partial charge < -0.3 is 8.98 Å². The largest absolute Gasteiger partial charge is 0.454 e. The third-order valence-corrected chi connectivity index (χ3v) is 10.1. The van der Waals surface area contributed by atoms with Crippen LogP contribution in [-0.2, 0) is 0 Å². The number of furan rings is 1. The fourth-order valence-corrected chi connectivity index (χ4v) is 7.90. The summed E-state index contributed by atoms with van der Waals surface area (Å²) in [5, 5.41) is 7.28. The molecular weight excluding hydrogens is 599 g/mol. The molecule has 0 N–H and O–H groups in total. The molecule has 0 bridgehead atoms. The molecule has 0 fully saturated rings. The van der Waals surface area contributed by atoms with Crippen LogP contribution >= 0.6 is 0 Å². The maximum Gasteiger partial charge on any atom is 0.159 e. The normalized spacial score (nSPS) is 12.1. The summed E-state index contributed by atoms with van der Waals surface area (Å²) < 4.78 is 11.2. The first-order valence-corrected chi connectivity index (χ1v) is 16.6. The van der Waals surface area contributed by atoms with Gasteiger partial charge in [-0.05, 0) is 76.5 Å². The molecule has 11 rings (SSSR count). The van der Waals surface area contributed by atoms with Gasteiger partial charge >= 0.3 is 0 Å². The molecule has 11 aromatic rings. The number of hydrogen-bond acceptors (Lipinski definition) is 2. The number of para-hydroxylation sites is 5. The number of nitrogens with zero attached hydrogens (tertiary/aromatic N) is 3. The van der Waals surface area contributed by atoms with E-state index in [0.717, 1.165) is 61.3 Å². The Balaban J connectivity index is 1.12. The third kappa shape index (κ3) is 3.77. The van der Waals surface area contributed by atoms with E-state index in [1.807, 2.05) is 18.2 Å². The highest BCUT2D eigenvalue weighted by Crippen LogP contribution is 2.43. The number of benzene rings is 8. The van der Waals surface area contributed by atoms with Crippen molar-refractivity contribution in [1.82, 2.24) is 14.1 Å². The van der Waals surface area contributed by atoms with Crippen LogP contribution in [0.3, 0.4) is 0 Å². The highest BCUT2D eigenvalue weighted by atomic mass is 16.3. The monoisotopic (exact) mass is 625 g/mol. The fraction of sp³-hybridized carbons (Fsp3) is 0. The Kier molecular flexibility index (Phi) is 5.35. The smallest absolute Gasteiger partial charge is 0.159 e. The number of aromatic nitrogens is 3. The molecule has 228 valence electrons. The van der Waals surface area contributed by atoms with Crippen LogP contribution in [0.1, 0.15) is 0 Å². The molecule has 0 amide bonds. The van der Waals surface area contributed by atoms with Crippen LogP contribution in [0.15, 0.2) is 168 Å². The van der Waals surface area contributed by atoms with Gasteiger partial charge in [-0.25, -0.2) is 4.98 Å². The zero-order chi connectivity index (χ0) is 32.1. The number of hydrogen-bond donors (Lipinski definition) is 0. The van der Waals surface area contributed by atoms with Crippen molar-refractivity contribution in [2.75, 3.05) is 0 Å². The molecule has 0 aliphatic carbocycles.